The minimum atomic E-state index is -3.37. The van der Waals surface area contributed by atoms with Gasteiger partial charge in [-0.3, -0.25) is 10.1 Å². The first-order valence-corrected chi connectivity index (χ1v) is 11.4. The number of nitro groups is 1. The second-order valence-corrected chi connectivity index (χ2v) is 9.86. The van der Waals surface area contributed by atoms with Crippen molar-refractivity contribution in [2.24, 2.45) is 0 Å². The third kappa shape index (κ3) is 4.13. The molecule has 1 unspecified atom stereocenters. The van der Waals surface area contributed by atoms with Crippen molar-refractivity contribution in [3.63, 3.8) is 0 Å². The Balaban J connectivity index is 1.60. The maximum atomic E-state index is 12.6. The zero-order chi connectivity index (χ0) is 20.4. The van der Waals surface area contributed by atoms with E-state index in [1.54, 1.807) is 30.3 Å². The molecule has 0 aliphatic carbocycles. The SMILES string of the molecule is O=[N+]([O-])c1ccc(COc2cccc3c2C(Sc2ccccc2)CS3(=O)=O)cc1. The highest BCUT2D eigenvalue weighted by atomic mass is 32.2. The van der Waals surface area contributed by atoms with E-state index in [1.807, 2.05) is 30.3 Å². The molecule has 8 heteroatoms. The fraction of sp³-hybridized carbons (Fsp3) is 0.143. The third-order valence-electron chi connectivity index (χ3n) is 4.62. The summed E-state index contributed by atoms with van der Waals surface area (Å²) in [5, 5.41) is 10.5. The molecule has 0 radical (unpaired) electrons. The third-order valence-corrected chi connectivity index (χ3v) is 7.86. The molecule has 0 saturated heterocycles. The number of nitrogens with zero attached hydrogens (tertiary/aromatic N) is 1. The summed E-state index contributed by atoms with van der Waals surface area (Å²) in [5.41, 5.74) is 1.46. The minimum absolute atomic E-state index is 0.0137. The van der Waals surface area contributed by atoms with Gasteiger partial charge in [0.15, 0.2) is 9.84 Å². The Morgan fingerprint density at radius 1 is 1.00 bits per heavy atom. The van der Waals surface area contributed by atoms with Crippen molar-refractivity contribution in [3.8, 4) is 5.75 Å². The van der Waals surface area contributed by atoms with Crippen LogP contribution in [-0.4, -0.2) is 19.1 Å². The Morgan fingerprint density at radius 3 is 2.41 bits per heavy atom. The second kappa shape index (κ2) is 7.88. The van der Waals surface area contributed by atoms with Crippen LogP contribution in [0.15, 0.2) is 82.6 Å². The molecular weight excluding hydrogens is 410 g/mol. The van der Waals surface area contributed by atoms with Gasteiger partial charge in [-0.25, -0.2) is 8.42 Å². The van der Waals surface area contributed by atoms with E-state index < -0.39 is 14.8 Å². The molecule has 1 aliphatic heterocycles. The largest absolute Gasteiger partial charge is 0.489 e. The number of non-ortho nitro benzene ring substituents is 1. The number of nitro benzene ring substituents is 1. The lowest BCUT2D eigenvalue weighted by atomic mass is 10.1. The molecule has 0 saturated carbocycles. The molecule has 29 heavy (non-hydrogen) atoms. The van der Waals surface area contributed by atoms with E-state index in [-0.39, 0.29) is 23.3 Å². The van der Waals surface area contributed by atoms with E-state index >= 15 is 0 Å². The van der Waals surface area contributed by atoms with Gasteiger partial charge in [-0.2, -0.15) is 0 Å². The first-order valence-electron chi connectivity index (χ1n) is 8.87. The molecule has 6 nitrogen and oxygen atoms in total. The Kier molecular flexibility index (Phi) is 5.29. The van der Waals surface area contributed by atoms with Crippen LogP contribution in [0.1, 0.15) is 16.4 Å². The molecule has 0 N–H and O–H groups in total. The Labute approximate surface area is 172 Å². The Morgan fingerprint density at radius 2 is 1.72 bits per heavy atom. The summed E-state index contributed by atoms with van der Waals surface area (Å²) < 4.78 is 31.2. The van der Waals surface area contributed by atoms with Gasteiger partial charge in [0.25, 0.3) is 5.69 Å². The molecule has 0 spiro atoms. The van der Waals surface area contributed by atoms with Gasteiger partial charge in [0.05, 0.1) is 20.8 Å². The fourth-order valence-electron chi connectivity index (χ4n) is 3.24. The highest BCUT2D eigenvalue weighted by Crippen LogP contribution is 2.48. The maximum Gasteiger partial charge on any atom is 0.269 e. The normalized spacial score (nSPS) is 16.9. The number of hydrogen-bond acceptors (Lipinski definition) is 6. The van der Waals surface area contributed by atoms with E-state index in [9.17, 15) is 18.5 Å². The summed E-state index contributed by atoms with van der Waals surface area (Å²) in [6, 6.07) is 20.8. The minimum Gasteiger partial charge on any atom is -0.489 e. The number of sulfone groups is 1. The lowest BCUT2D eigenvalue weighted by molar-refractivity contribution is -0.384. The molecule has 0 aromatic heterocycles. The first kappa shape index (κ1) is 19.5. The number of ether oxygens (including phenoxy) is 1. The summed E-state index contributed by atoms with van der Waals surface area (Å²) in [6.07, 6.45) is 0. The summed E-state index contributed by atoms with van der Waals surface area (Å²) in [6.45, 7) is 0.192. The number of hydrogen-bond donors (Lipinski definition) is 0. The molecule has 1 heterocycles. The van der Waals surface area contributed by atoms with Gasteiger partial charge in [0, 0.05) is 22.6 Å². The van der Waals surface area contributed by atoms with Crippen molar-refractivity contribution in [1.29, 1.82) is 0 Å². The van der Waals surface area contributed by atoms with Gasteiger partial charge >= 0.3 is 0 Å². The Hall–Kier alpha value is -2.84. The summed E-state index contributed by atoms with van der Waals surface area (Å²) >= 11 is 1.50. The van der Waals surface area contributed by atoms with Crippen LogP contribution in [0.5, 0.6) is 5.75 Å². The van der Waals surface area contributed by atoms with Crippen LogP contribution in [0.2, 0.25) is 0 Å². The number of fused-ring (bicyclic) bond motifs is 1. The molecule has 3 aromatic rings. The zero-order valence-corrected chi connectivity index (χ0v) is 16.9. The van der Waals surface area contributed by atoms with Gasteiger partial charge in [0.1, 0.15) is 12.4 Å². The summed E-state index contributed by atoms with van der Waals surface area (Å²) in [5.74, 6) is 0.551. The van der Waals surface area contributed by atoms with Gasteiger partial charge in [-0.15, -0.1) is 11.8 Å². The monoisotopic (exact) mass is 427 g/mol. The van der Waals surface area contributed by atoms with Crippen LogP contribution in [0.25, 0.3) is 0 Å². The van der Waals surface area contributed by atoms with Crippen molar-refractivity contribution in [3.05, 3.63) is 94.0 Å². The van der Waals surface area contributed by atoms with E-state index in [1.165, 1.54) is 23.9 Å². The predicted molar refractivity (Wildman–Crippen MR) is 111 cm³/mol. The fourth-order valence-corrected chi connectivity index (χ4v) is 6.74. The standard InChI is InChI=1S/C21H17NO5S2/c23-22(24)16-11-9-15(10-12-16)13-27-18-7-4-8-20-21(18)19(14-29(20,25)26)28-17-5-2-1-3-6-17/h1-12,19H,13-14H2. The molecule has 0 fully saturated rings. The molecular formula is C21H17NO5S2. The van der Waals surface area contributed by atoms with Crippen LogP contribution in [0.3, 0.4) is 0 Å². The Bertz CT molecular complexity index is 1150. The lowest BCUT2D eigenvalue weighted by Gasteiger charge is -2.15. The van der Waals surface area contributed by atoms with Crippen LogP contribution in [-0.2, 0) is 16.4 Å². The van der Waals surface area contributed by atoms with Crippen LogP contribution in [0, 0.1) is 10.1 Å². The molecule has 3 aromatic carbocycles. The van der Waals surface area contributed by atoms with Gasteiger partial charge < -0.3 is 4.74 Å². The molecule has 148 valence electrons. The number of rotatable bonds is 6. The molecule has 4 rings (SSSR count). The van der Waals surface area contributed by atoms with Crippen molar-refractivity contribution in [1.82, 2.24) is 0 Å². The molecule has 1 atom stereocenters. The highest BCUT2D eigenvalue weighted by Gasteiger charge is 2.37. The van der Waals surface area contributed by atoms with Gasteiger partial charge in [-0.05, 0) is 42.0 Å². The summed E-state index contributed by atoms with van der Waals surface area (Å²) in [4.78, 5) is 11.6. The van der Waals surface area contributed by atoms with E-state index in [0.717, 1.165) is 10.5 Å². The number of thioether (sulfide) groups is 1. The smallest absolute Gasteiger partial charge is 0.269 e. The maximum absolute atomic E-state index is 12.6. The second-order valence-electron chi connectivity index (χ2n) is 6.58. The van der Waals surface area contributed by atoms with E-state index in [2.05, 4.69) is 0 Å². The zero-order valence-electron chi connectivity index (χ0n) is 15.2. The van der Waals surface area contributed by atoms with Crippen LogP contribution < -0.4 is 4.74 Å². The highest BCUT2D eigenvalue weighted by molar-refractivity contribution is 8.01. The van der Waals surface area contributed by atoms with E-state index in [0.29, 0.717) is 16.2 Å². The molecule has 0 bridgehead atoms. The van der Waals surface area contributed by atoms with Crippen molar-refractivity contribution in [2.45, 2.75) is 21.6 Å². The topological polar surface area (TPSA) is 86.5 Å². The van der Waals surface area contributed by atoms with Crippen molar-refractivity contribution in [2.75, 3.05) is 5.75 Å². The van der Waals surface area contributed by atoms with Crippen molar-refractivity contribution < 1.29 is 18.1 Å². The van der Waals surface area contributed by atoms with Crippen molar-refractivity contribution >= 4 is 27.3 Å². The lowest BCUT2D eigenvalue weighted by Crippen LogP contribution is -2.01. The van der Waals surface area contributed by atoms with Gasteiger partial charge in [0.2, 0.25) is 0 Å². The summed E-state index contributed by atoms with van der Waals surface area (Å²) in [7, 11) is -3.37. The predicted octanol–water partition coefficient (Wildman–Crippen LogP) is 4.79. The quantitative estimate of drug-likeness (QED) is 0.415. The molecule has 0 amide bonds. The average Bonchev–Trinajstić information content (AvgIpc) is 2.98. The van der Waals surface area contributed by atoms with Crippen LogP contribution >= 0.6 is 11.8 Å². The first-order chi connectivity index (χ1) is 13.9. The molecule has 1 aliphatic rings. The van der Waals surface area contributed by atoms with Crippen LogP contribution in [0.4, 0.5) is 5.69 Å². The number of benzene rings is 3. The van der Waals surface area contributed by atoms with E-state index in [4.69, 9.17) is 4.74 Å². The average molecular weight is 428 g/mol. The van der Waals surface area contributed by atoms with Gasteiger partial charge in [-0.1, -0.05) is 24.3 Å².